The van der Waals surface area contributed by atoms with Gasteiger partial charge in [0.1, 0.15) is 0 Å². The molecule has 124 valence electrons. The van der Waals surface area contributed by atoms with Crippen molar-refractivity contribution in [1.29, 1.82) is 0 Å². The first-order valence-corrected chi connectivity index (χ1v) is 8.61. The van der Waals surface area contributed by atoms with Gasteiger partial charge in [-0.15, -0.1) is 0 Å². The highest BCUT2D eigenvalue weighted by Crippen LogP contribution is 2.33. The Morgan fingerprint density at radius 3 is 2.27 bits per heavy atom. The SMILES string of the molecule is CC(C)=CCC[C@H](C)/C=C\C=C(\C)C1CCC(C(=O)O)CC1. The lowest BCUT2D eigenvalue weighted by atomic mass is 9.79. The predicted molar refractivity (Wildman–Crippen MR) is 93.8 cm³/mol. The Morgan fingerprint density at radius 2 is 1.73 bits per heavy atom. The van der Waals surface area contributed by atoms with Crippen LogP contribution < -0.4 is 0 Å². The molecule has 1 aliphatic carbocycles. The second-order valence-electron chi connectivity index (χ2n) is 7.02. The molecule has 0 heterocycles. The van der Waals surface area contributed by atoms with Gasteiger partial charge in [-0.25, -0.2) is 0 Å². The molecule has 0 saturated heterocycles. The minimum atomic E-state index is -0.620. The number of rotatable bonds is 7. The fraction of sp³-hybridized carbons (Fsp3) is 0.650. The molecular formula is C20H32O2. The maximum atomic E-state index is 11.0. The van der Waals surface area contributed by atoms with Gasteiger partial charge < -0.3 is 5.11 Å². The van der Waals surface area contributed by atoms with Crippen molar-refractivity contribution in [1.82, 2.24) is 0 Å². The fourth-order valence-electron chi connectivity index (χ4n) is 3.06. The summed E-state index contributed by atoms with van der Waals surface area (Å²) in [6.07, 6.45) is 15.0. The van der Waals surface area contributed by atoms with Gasteiger partial charge in [-0.3, -0.25) is 4.79 Å². The molecule has 1 N–H and O–H groups in total. The topological polar surface area (TPSA) is 37.3 Å². The quantitative estimate of drug-likeness (QED) is 0.479. The first kappa shape index (κ1) is 18.7. The number of carbonyl (C=O) groups is 1. The summed E-state index contributed by atoms with van der Waals surface area (Å²) >= 11 is 0. The van der Waals surface area contributed by atoms with Gasteiger partial charge in [-0.2, -0.15) is 0 Å². The highest BCUT2D eigenvalue weighted by atomic mass is 16.4. The van der Waals surface area contributed by atoms with Gasteiger partial charge in [0.25, 0.3) is 0 Å². The van der Waals surface area contributed by atoms with E-state index in [1.54, 1.807) is 0 Å². The van der Waals surface area contributed by atoms with Crippen LogP contribution in [0.4, 0.5) is 0 Å². The summed E-state index contributed by atoms with van der Waals surface area (Å²) in [7, 11) is 0. The van der Waals surface area contributed by atoms with Gasteiger partial charge >= 0.3 is 5.97 Å². The number of carboxylic acids is 1. The molecule has 0 aromatic heterocycles. The molecule has 0 aromatic rings. The average Bonchev–Trinajstić information content (AvgIpc) is 2.46. The maximum absolute atomic E-state index is 11.0. The van der Waals surface area contributed by atoms with E-state index in [-0.39, 0.29) is 5.92 Å². The molecule has 1 saturated carbocycles. The van der Waals surface area contributed by atoms with Gasteiger partial charge in [-0.05, 0) is 71.1 Å². The van der Waals surface area contributed by atoms with Crippen molar-refractivity contribution < 1.29 is 9.90 Å². The van der Waals surface area contributed by atoms with Gasteiger partial charge in [0.2, 0.25) is 0 Å². The Balaban J connectivity index is 2.37. The minimum absolute atomic E-state index is 0.116. The maximum Gasteiger partial charge on any atom is 0.306 e. The first-order chi connectivity index (χ1) is 10.4. The van der Waals surface area contributed by atoms with E-state index in [9.17, 15) is 4.79 Å². The molecule has 0 radical (unpaired) electrons. The second-order valence-corrected chi connectivity index (χ2v) is 7.02. The Labute approximate surface area is 136 Å². The summed E-state index contributed by atoms with van der Waals surface area (Å²) in [4.78, 5) is 11.0. The Hall–Kier alpha value is -1.31. The molecule has 1 fully saturated rings. The molecular weight excluding hydrogens is 272 g/mol. The standard InChI is InChI=1S/C20H32O2/c1-15(2)7-5-8-16(3)9-6-10-17(4)18-11-13-19(14-12-18)20(21)22/h6-7,9-10,16,18-19H,5,8,11-14H2,1-4H3,(H,21,22)/b9-6-,17-10-/t16-,18?,19?/m0/s1. The lowest BCUT2D eigenvalue weighted by Crippen LogP contribution is -2.21. The highest BCUT2D eigenvalue weighted by Gasteiger charge is 2.26. The smallest absolute Gasteiger partial charge is 0.306 e. The zero-order chi connectivity index (χ0) is 16.5. The van der Waals surface area contributed by atoms with Gasteiger partial charge in [0.15, 0.2) is 0 Å². The summed E-state index contributed by atoms with van der Waals surface area (Å²) in [5, 5.41) is 9.04. The molecule has 22 heavy (non-hydrogen) atoms. The van der Waals surface area contributed by atoms with Gasteiger partial charge in [0, 0.05) is 0 Å². The lowest BCUT2D eigenvalue weighted by Gasteiger charge is -2.26. The number of carboxylic acid groups (broad SMARTS) is 1. The highest BCUT2D eigenvalue weighted by molar-refractivity contribution is 5.70. The number of hydrogen-bond acceptors (Lipinski definition) is 1. The molecule has 0 unspecified atom stereocenters. The van der Waals surface area contributed by atoms with Crippen molar-refractivity contribution in [2.75, 3.05) is 0 Å². The Bertz CT molecular complexity index is 431. The number of aliphatic carboxylic acids is 1. The monoisotopic (exact) mass is 304 g/mol. The normalized spacial score (nSPS) is 24.3. The van der Waals surface area contributed by atoms with E-state index in [0.717, 1.165) is 32.1 Å². The van der Waals surface area contributed by atoms with Crippen molar-refractivity contribution in [3.8, 4) is 0 Å². The van der Waals surface area contributed by atoms with E-state index in [1.165, 1.54) is 17.6 Å². The van der Waals surface area contributed by atoms with E-state index in [2.05, 4.69) is 52.0 Å². The summed E-state index contributed by atoms with van der Waals surface area (Å²) < 4.78 is 0. The molecule has 0 amide bonds. The predicted octanol–water partition coefficient (Wildman–Crippen LogP) is 5.76. The molecule has 2 nitrogen and oxygen atoms in total. The van der Waals surface area contributed by atoms with Crippen molar-refractivity contribution in [3.63, 3.8) is 0 Å². The fourth-order valence-corrected chi connectivity index (χ4v) is 3.06. The van der Waals surface area contributed by atoms with Gasteiger partial charge in [-0.1, -0.05) is 42.4 Å². The van der Waals surface area contributed by atoms with Crippen LogP contribution in [0.1, 0.15) is 66.2 Å². The third kappa shape index (κ3) is 7.11. The zero-order valence-electron chi connectivity index (χ0n) is 14.6. The summed E-state index contributed by atoms with van der Waals surface area (Å²) in [5.41, 5.74) is 2.79. The van der Waals surface area contributed by atoms with Crippen LogP contribution in [-0.2, 0) is 4.79 Å². The molecule has 0 aromatic carbocycles. The summed E-state index contributed by atoms with van der Waals surface area (Å²) in [6, 6.07) is 0. The van der Waals surface area contributed by atoms with E-state index >= 15 is 0 Å². The zero-order valence-corrected chi connectivity index (χ0v) is 14.6. The number of hydrogen-bond donors (Lipinski definition) is 1. The van der Waals surface area contributed by atoms with Crippen LogP contribution in [0.5, 0.6) is 0 Å². The van der Waals surface area contributed by atoms with Crippen LogP contribution in [0.15, 0.2) is 35.5 Å². The number of allylic oxidation sites excluding steroid dienone is 6. The summed E-state index contributed by atoms with van der Waals surface area (Å²) in [6.45, 7) is 8.73. The van der Waals surface area contributed by atoms with E-state index in [1.807, 2.05) is 0 Å². The van der Waals surface area contributed by atoms with Crippen molar-refractivity contribution in [2.45, 2.75) is 66.2 Å². The third-order valence-electron chi connectivity index (χ3n) is 4.69. The van der Waals surface area contributed by atoms with Crippen LogP contribution in [-0.4, -0.2) is 11.1 Å². The van der Waals surface area contributed by atoms with Crippen molar-refractivity contribution in [2.24, 2.45) is 17.8 Å². The molecule has 2 heteroatoms. The summed E-state index contributed by atoms with van der Waals surface area (Å²) in [5.74, 6) is 0.434. The molecule has 1 aliphatic rings. The molecule has 0 aliphatic heterocycles. The Morgan fingerprint density at radius 1 is 1.14 bits per heavy atom. The van der Waals surface area contributed by atoms with Gasteiger partial charge in [0.05, 0.1) is 5.92 Å². The molecule has 1 rings (SSSR count). The van der Waals surface area contributed by atoms with Crippen LogP contribution in [0.2, 0.25) is 0 Å². The van der Waals surface area contributed by atoms with Crippen LogP contribution in [0.25, 0.3) is 0 Å². The van der Waals surface area contributed by atoms with E-state index in [0.29, 0.717) is 11.8 Å². The second kappa shape index (κ2) is 9.66. The van der Waals surface area contributed by atoms with Crippen LogP contribution in [0.3, 0.4) is 0 Å². The Kier molecular flexibility index (Phi) is 8.22. The largest absolute Gasteiger partial charge is 0.481 e. The van der Waals surface area contributed by atoms with Crippen molar-refractivity contribution in [3.05, 3.63) is 35.5 Å². The van der Waals surface area contributed by atoms with Crippen LogP contribution >= 0.6 is 0 Å². The third-order valence-corrected chi connectivity index (χ3v) is 4.69. The molecule has 1 atom stereocenters. The lowest BCUT2D eigenvalue weighted by molar-refractivity contribution is -0.143. The minimum Gasteiger partial charge on any atom is -0.481 e. The van der Waals surface area contributed by atoms with Crippen LogP contribution in [0, 0.1) is 17.8 Å². The molecule has 0 spiro atoms. The molecule has 0 bridgehead atoms. The first-order valence-electron chi connectivity index (χ1n) is 8.61. The van der Waals surface area contributed by atoms with Crippen molar-refractivity contribution >= 4 is 5.97 Å². The average molecular weight is 304 g/mol. The van der Waals surface area contributed by atoms with E-state index < -0.39 is 5.97 Å². The van der Waals surface area contributed by atoms with E-state index in [4.69, 9.17) is 5.11 Å².